The van der Waals surface area contributed by atoms with Crippen LogP contribution in [0.2, 0.25) is 0 Å². The molecule has 3 aromatic rings. The zero-order chi connectivity index (χ0) is 20.5. The fourth-order valence-corrected chi connectivity index (χ4v) is 3.58. The van der Waals surface area contributed by atoms with E-state index in [-0.39, 0.29) is 17.2 Å². The molecule has 0 saturated heterocycles. The molecule has 4 rings (SSSR count). The van der Waals surface area contributed by atoms with Gasteiger partial charge >= 0.3 is 0 Å². The maximum absolute atomic E-state index is 12.0. The first-order valence-electron chi connectivity index (χ1n) is 8.97. The molecule has 6 nitrogen and oxygen atoms in total. The fraction of sp³-hybridized carbons (Fsp3) is 0.0870. The molecule has 0 radical (unpaired) electrons. The topological polar surface area (TPSA) is 90.2 Å². The molecule has 0 saturated carbocycles. The van der Waals surface area contributed by atoms with Gasteiger partial charge in [0.05, 0.1) is 7.11 Å². The number of hydrogen-bond donors (Lipinski definition) is 3. The molecule has 0 fully saturated rings. The fourth-order valence-electron chi connectivity index (χ4n) is 3.58. The standard InChI is InChI=1S/C23H19NO5/c1-29-18-8-2-14(3-9-18)20-12-24(15-4-6-16(26)7-5-15)21(13-25)23-19(20)10-17(27)11-22(23)28/h2-13,21,26-28H,1H3. The summed E-state index contributed by atoms with van der Waals surface area (Å²) in [7, 11) is 1.58. The number of fused-ring (bicyclic) bond motifs is 1. The SMILES string of the molecule is COc1ccc(C2=CN(c3ccc(O)cc3)C(C=O)c3c(O)cc(O)cc32)cc1. The molecular weight excluding hydrogens is 370 g/mol. The number of benzene rings is 3. The Morgan fingerprint density at radius 3 is 2.24 bits per heavy atom. The lowest BCUT2D eigenvalue weighted by atomic mass is 9.86. The van der Waals surface area contributed by atoms with Crippen LogP contribution < -0.4 is 9.64 Å². The van der Waals surface area contributed by atoms with Crippen molar-refractivity contribution in [3.05, 3.63) is 83.6 Å². The number of nitrogens with zero attached hydrogens (tertiary/aromatic N) is 1. The molecule has 3 aromatic carbocycles. The number of hydrogen-bond acceptors (Lipinski definition) is 6. The van der Waals surface area contributed by atoms with E-state index in [4.69, 9.17) is 4.74 Å². The Morgan fingerprint density at radius 1 is 0.931 bits per heavy atom. The number of carbonyl (C=O) groups is 1. The second kappa shape index (κ2) is 7.24. The highest BCUT2D eigenvalue weighted by atomic mass is 16.5. The van der Waals surface area contributed by atoms with Gasteiger partial charge in [-0.1, -0.05) is 12.1 Å². The van der Waals surface area contributed by atoms with Crippen LogP contribution in [0.25, 0.3) is 5.57 Å². The summed E-state index contributed by atoms with van der Waals surface area (Å²) >= 11 is 0. The van der Waals surface area contributed by atoms with Gasteiger partial charge in [-0.15, -0.1) is 0 Å². The largest absolute Gasteiger partial charge is 0.508 e. The van der Waals surface area contributed by atoms with Crippen molar-refractivity contribution in [3.8, 4) is 23.0 Å². The van der Waals surface area contributed by atoms with Crippen LogP contribution in [0.3, 0.4) is 0 Å². The second-order valence-electron chi connectivity index (χ2n) is 6.70. The molecule has 1 unspecified atom stereocenters. The van der Waals surface area contributed by atoms with E-state index in [9.17, 15) is 20.1 Å². The lowest BCUT2D eigenvalue weighted by Crippen LogP contribution is -2.29. The summed E-state index contributed by atoms with van der Waals surface area (Å²) < 4.78 is 5.22. The van der Waals surface area contributed by atoms with Crippen LogP contribution in [-0.2, 0) is 4.79 Å². The summed E-state index contributed by atoms with van der Waals surface area (Å²) in [6.07, 6.45) is 2.54. The van der Waals surface area contributed by atoms with Crippen molar-refractivity contribution in [2.45, 2.75) is 6.04 Å². The van der Waals surface area contributed by atoms with Crippen molar-refractivity contribution in [2.24, 2.45) is 0 Å². The van der Waals surface area contributed by atoms with Crippen LogP contribution in [0.4, 0.5) is 5.69 Å². The highest BCUT2D eigenvalue weighted by Gasteiger charge is 2.32. The zero-order valence-corrected chi connectivity index (χ0v) is 15.6. The van der Waals surface area contributed by atoms with Gasteiger partial charge in [-0.2, -0.15) is 0 Å². The molecule has 146 valence electrons. The van der Waals surface area contributed by atoms with Crippen molar-refractivity contribution in [2.75, 3.05) is 12.0 Å². The Labute approximate surface area is 167 Å². The third-order valence-corrected chi connectivity index (χ3v) is 4.97. The zero-order valence-electron chi connectivity index (χ0n) is 15.6. The van der Waals surface area contributed by atoms with Gasteiger partial charge in [-0.05, 0) is 53.6 Å². The van der Waals surface area contributed by atoms with Gasteiger partial charge in [-0.25, -0.2) is 0 Å². The smallest absolute Gasteiger partial charge is 0.147 e. The summed E-state index contributed by atoms with van der Waals surface area (Å²) in [5.74, 6) is 0.551. The molecule has 1 aliphatic rings. The van der Waals surface area contributed by atoms with Crippen molar-refractivity contribution in [1.82, 2.24) is 0 Å². The van der Waals surface area contributed by atoms with Crippen LogP contribution in [0.1, 0.15) is 22.7 Å². The van der Waals surface area contributed by atoms with E-state index in [0.29, 0.717) is 22.6 Å². The minimum absolute atomic E-state index is 0.0941. The highest BCUT2D eigenvalue weighted by molar-refractivity contribution is 5.91. The first-order chi connectivity index (χ1) is 14.0. The van der Waals surface area contributed by atoms with Gasteiger partial charge in [0.15, 0.2) is 0 Å². The predicted octanol–water partition coefficient (Wildman–Crippen LogP) is 3.96. The van der Waals surface area contributed by atoms with Crippen molar-refractivity contribution < 1.29 is 24.9 Å². The average Bonchev–Trinajstić information content (AvgIpc) is 2.73. The molecule has 0 amide bonds. The summed E-state index contributed by atoms with van der Waals surface area (Å²) in [5, 5.41) is 30.2. The van der Waals surface area contributed by atoms with Gasteiger partial charge in [-0.3, -0.25) is 0 Å². The number of carbonyl (C=O) groups excluding carboxylic acids is 1. The summed E-state index contributed by atoms with van der Waals surface area (Å²) in [4.78, 5) is 13.8. The maximum Gasteiger partial charge on any atom is 0.147 e. The van der Waals surface area contributed by atoms with Gasteiger partial charge in [0.2, 0.25) is 0 Å². The van der Waals surface area contributed by atoms with E-state index in [1.807, 2.05) is 24.3 Å². The third kappa shape index (κ3) is 3.25. The Hall–Kier alpha value is -3.93. The summed E-state index contributed by atoms with van der Waals surface area (Å²) in [6, 6.07) is 15.8. The van der Waals surface area contributed by atoms with E-state index < -0.39 is 6.04 Å². The van der Waals surface area contributed by atoms with Crippen LogP contribution in [0.15, 0.2) is 66.9 Å². The Kier molecular flexibility index (Phi) is 4.60. The Balaban J connectivity index is 1.95. The summed E-state index contributed by atoms with van der Waals surface area (Å²) in [6.45, 7) is 0. The molecule has 29 heavy (non-hydrogen) atoms. The molecule has 0 aliphatic carbocycles. The maximum atomic E-state index is 12.0. The predicted molar refractivity (Wildman–Crippen MR) is 109 cm³/mol. The summed E-state index contributed by atoms with van der Waals surface area (Å²) in [5.41, 5.74) is 3.19. The minimum Gasteiger partial charge on any atom is -0.508 e. The van der Waals surface area contributed by atoms with E-state index in [2.05, 4.69) is 0 Å². The molecule has 0 bridgehead atoms. The monoisotopic (exact) mass is 389 g/mol. The number of phenols is 3. The Bertz CT molecular complexity index is 1090. The number of rotatable bonds is 4. The van der Waals surface area contributed by atoms with Gasteiger partial charge in [0.1, 0.15) is 35.3 Å². The van der Waals surface area contributed by atoms with E-state index >= 15 is 0 Å². The number of anilines is 1. The third-order valence-electron chi connectivity index (χ3n) is 4.97. The lowest BCUT2D eigenvalue weighted by Gasteiger charge is -2.34. The first kappa shape index (κ1) is 18.4. The number of aromatic hydroxyl groups is 3. The second-order valence-corrected chi connectivity index (χ2v) is 6.70. The molecule has 0 aromatic heterocycles. The Morgan fingerprint density at radius 2 is 1.62 bits per heavy atom. The quantitative estimate of drug-likeness (QED) is 0.585. The van der Waals surface area contributed by atoms with Crippen molar-refractivity contribution in [1.29, 1.82) is 0 Å². The highest BCUT2D eigenvalue weighted by Crippen LogP contribution is 2.45. The minimum atomic E-state index is -0.794. The van der Waals surface area contributed by atoms with Crippen LogP contribution >= 0.6 is 0 Å². The average molecular weight is 389 g/mol. The van der Waals surface area contributed by atoms with Gasteiger partial charge < -0.3 is 29.8 Å². The number of ether oxygens (including phenoxy) is 1. The molecule has 0 spiro atoms. The molecule has 1 heterocycles. The molecule has 6 heteroatoms. The first-order valence-corrected chi connectivity index (χ1v) is 8.97. The van der Waals surface area contributed by atoms with Crippen molar-refractivity contribution in [3.63, 3.8) is 0 Å². The molecule has 1 atom stereocenters. The number of aldehydes is 1. The van der Waals surface area contributed by atoms with Crippen LogP contribution in [0.5, 0.6) is 23.0 Å². The van der Waals surface area contributed by atoms with E-state index in [0.717, 1.165) is 17.4 Å². The van der Waals surface area contributed by atoms with Crippen LogP contribution in [-0.4, -0.2) is 28.7 Å². The van der Waals surface area contributed by atoms with E-state index in [1.54, 1.807) is 30.3 Å². The van der Waals surface area contributed by atoms with Crippen molar-refractivity contribution >= 4 is 17.5 Å². The van der Waals surface area contributed by atoms with E-state index in [1.165, 1.54) is 24.3 Å². The molecule has 1 aliphatic heterocycles. The lowest BCUT2D eigenvalue weighted by molar-refractivity contribution is -0.109. The molecular formula is C23H19NO5. The molecule has 3 N–H and O–H groups in total. The normalized spacial score (nSPS) is 15.4. The number of phenolic OH excluding ortho intramolecular Hbond substituents is 3. The van der Waals surface area contributed by atoms with Crippen LogP contribution in [0, 0.1) is 0 Å². The number of methoxy groups -OCH3 is 1. The van der Waals surface area contributed by atoms with Gasteiger partial charge in [0, 0.05) is 29.1 Å². The van der Waals surface area contributed by atoms with Gasteiger partial charge in [0.25, 0.3) is 0 Å².